The van der Waals surface area contributed by atoms with E-state index in [-0.39, 0.29) is 0 Å². The number of hydrogen-bond donors (Lipinski definition) is 1. The molecule has 1 fully saturated rings. The number of nitrogens with zero attached hydrogens (tertiary/aromatic N) is 4. The molecule has 0 radical (unpaired) electrons. The number of nitrogens with one attached hydrogen (secondary N) is 1. The molecule has 0 unspecified atom stereocenters. The summed E-state index contributed by atoms with van der Waals surface area (Å²) in [6, 6.07) is 4.10. The minimum atomic E-state index is -0.627. The molecule has 1 aliphatic carbocycles. The second kappa shape index (κ2) is 5.43. The Kier molecular flexibility index (Phi) is 3.89. The van der Waals surface area contributed by atoms with Crippen molar-refractivity contribution in [2.45, 2.75) is 38.6 Å². The molecular formula is C14H21N5. The fourth-order valence-corrected chi connectivity index (χ4v) is 2.13. The summed E-state index contributed by atoms with van der Waals surface area (Å²) in [6.45, 7) is 4.69. The van der Waals surface area contributed by atoms with Crippen LogP contribution in [0.5, 0.6) is 0 Å². The first kappa shape index (κ1) is 13.6. The third kappa shape index (κ3) is 3.57. The van der Waals surface area contributed by atoms with Gasteiger partial charge in [0.15, 0.2) is 0 Å². The van der Waals surface area contributed by atoms with E-state index < -0.39 is 5.54 Å². The fraction of sp³-hybridized carbons (Fsp3) is 0.643. The summed E-state index contributed by atoms with van der Waals surface area (Å²) in [7, 11) is 2.06. The van der Waals surface area contributed by atoms with Crippen molar-refractivity contribution < 1.29 is 0 Å². The zero-order valence-corrected chi connectivity index (χ0v) is 11.8. The molecular weight excluding hydrogens is 238 g/mol. The zero-order valence-electron chi connectivity index (χ0n) is 11.8. The van der Waals surface area contributed by atoms with Gasteiger partial charge in [-0.05, 0) is 32.6 Å². The molecule has 0 aliphatic heterocycles. The maximum atomic E-state index is 9.03. The van der Waals surface area contributed by atoms with Gasteiger partial charge in [-0.25, -0.2) is 9.97 Å². The summed E-state index contributed by atoms with van der Waals surface area (Å²) in [6.07, 6.45) is 5.54. The third-order valence-corrected chi connectivity index (χ3v) is 3.52. The van der Waals surface area contributed by atoms with Crippen LogP contribution >= 0.6 is 0 Å². The molecule has 2 rings (SSSR count). The quantitative estimate of drug-likeness (QED) is 0.879. The van der Waals surface area contributed by atoms with Gasteiger partial charge in [0, 0.05) is 19.7 Å². The highest BCUT2D eigenvalue weighted by Crippen LogP contribution is 2.28. The van der Waals surface area contributed by atoms with Gasteiger partial charge in [-0.3, -0.25) is 0 Å². The van der Waals surface area contributed by atoms with E-state index in [0.29, 0.717) is 5.82 Å². The number of aromatic nitrogens is 2. The van der Waals surface area contributed by atoms with Crippen molar-refractivity contribution in [1.29, 1.82) is 5.26 Å². The van der Waals surface area contributed by atoms with E-state index >= 15 is 0 Å². The van der Waals surface area contributed by atoms with E-state index in [1.165, 1.54) is 19.3 Å². The first-order chi connectivity index (χ1) is 9.00. The Labute approximate surface area is 114 Å². The van der Waals surface area contributed by atoms with Crippen LogP contribution in [0.1, 0.15) is 33.1 Å². The van der Waals surface area contributed by atoms with Gasteiger partial charge >= 0.3 is 0 Å². The topological polar surface area (TPSA) is 64.8 Å². The summed E-state index contributed by atoms with van der Waals surface area (Å²) in [5.74, 6) is 2.39. The van der Waals surface area contributed by atoms with E-state index in [1.807, 2.05) is 19.9 Å². The molecule has 5 heteroatoms. The molecule has 0 atom stereocenters. The van der Waals surface area contributed by atoms with Crippen LogP contribution in [0, 0.1) is 17.2 Å². The van der Waals surface area contributed by atoms with Crippen LogP contribution in [0.25, 0.3) is 0 Å². The maximum absolute atomic E-state index is 9.03. The van der Waals surface area contributed by atoms with Crippen molar-refractivity contribution in [2.75, 3.05) is 23.8 Å². The Hall–Kier alpha value is -1.83. The molecule has 0 bridgehead atoms. The lowest BCUT2D eigenvalue weighted by Gasteiger charge is -2.30. The smallest absolute Gasteiger partial charge is 0.133 e. The molecule has 5 nitrogen and oxygen atoms in total. The van der Waals surface area contributed by atoms with Crippen molar-refractivity contribution in [1.82, 2.24) is 9.97 Å². The summed E-state index contributed by atoms with van der Waals surface area (Å²) < 4.78 is 0. The molecule has 0 spiro atoms. The molecule has 19 heavy (non-hydrogen) atoms. The molecule has 1 N–H and O–H groups in total. The molecule has 0 aromatic carbocycles. The average Bonchev–Trinajstić information content (AvgIpc) is 2.33. The Bertz CT molecular complexity index is 473. The maximum Gasteiger partial charge on any atom is 0.133 e. The van der Waals surface area contributed by atoms with Gasteiger partial charge in [0.2, 0.25) is 0 Å². The summed E-state index contributed by atoms with van der Waals surface area (Å²) in [4.78, 5) is 10.6. The van der Waals surface area contributed by atoms with Crippen LogP contribution in [-0.4, -0.2) is 29.1 Å². The number of hydrogen-bond acceptors (Lipinski definition) is 5. The second-order valence-electron chi connectivity index (χ2n) is 5.80. The van der Waals surface area contributed by atoms with Crippen LogP contribution in [-0.2, 0) is 0 Å². The van der Waals surface area contributed by atoms with Gasteiger partial charge in [0.25, 0.3) is 0 Å². The van der Waals surface area contributed by atoms with E-state index in [9.17, 15) is 0 Å². The minimum Gasteiger partial charge on any atom is -0.359 e. The van der Waals surface area contributed by atoms with Crippen LogP contribution < -0.4 is 10.2 Å². The number of nitriles is 1. The fourth-order valence-electron chi connectivity index (χ4n) is 2.13. The normalized spacial score (nSPS) is 15.5. The molecule has 1 aromatic rings. The first-order valence-electron chi connectivity index (χ1n) is 6.73. The molecule has 0 saturated heterocycles. The van der Waals surface area contributed by atoms with Gasteiger partial charge in [-0.1, -0.05) is 6.42 Å². The SMILES string of the molecule is CN(CC1CCC1)c1cc(NC(C)(C)C#N)ncn1. The van der Waals surface area contributed by atoms with E-state index in [2.05, 4.69) is 33.3 Å². The van der Waals surface area contributed by atoms with E-state index in [1.54, 1.807) is 6.33 Å². The van der Waals surface area contributed by atoms with Gasteiger partial charge in [-0.15, -0.1) is 0 Å². The lowest BCUT2D eigenvalue weighted by atomic mass is 9.85. The molecule has 1 heterocycles. The largest absolute Gasteiger partial charge is 0.359 e. The summed E-state index contributed by atoms with van der Waals surface area (Å²) in [5, 5.41) is 12.1. The Balaban J connectivity index is 2.03. The number of anilines is 2. The lowest BCUT2D eigenvalue weighted by Crippen LogP contribution is -2.31. The Morgan fingerprint density at radius 3 is 2.79 bits per heavy atom. The van der Waals surface area contributed by atoms with Crippen molar-refractivity contribution in [3.63, 3.8) is 0 Å². The zero-order chi connectivity index (χ0) is 13.9. The third-order valence-electron chi connectivity index (χ3n) is 3.52. The Morgan fingerprint density at radius 2 is 2.21 bits per heavy atom. The average molecular weight is 259 g/mol. The van der Waals surface area contributed by atoms with Crippen molar-refractivity contribution in [2.24, 2.45) is 5.92 Å². The van der Waals surface area contributed by atoms with Crippen LogP contribution in [0.2, 0.25) is 0 Å². The second-order valence-corrected chi connectivity index (χ2v) is 5.80. The summed E-state index contributed by atoms with van der Waals surface area (Å²) in [5.41, 5.74) is -0.627. The minimum absolute atomic E-state index is 0.627. The molecule has 0 amide bonds. The summed E-state index contributed by atoms with van der Waals surface area (Å²) >= 11 is 0. The first-order valence-corrected chi connectivity index (χ1v) is 6.73. The van der Waals surface area contributed by atoms with Gasteiger partial charge in [0.1, 0.15) is 23.5 Å². The van der Waals surface area contributed by atoms with Crippen LogP contribution in [0.3, 0.4) is 0 Å². The predicted molar refractivity (Wildman–Crippen MR) is 76.0 cm³/mol. The number of rotatable bonds is 5. The van der Waals surface area contributed by atoms with Gasteiger partial charge in [0.05, 0.1) is 6.07 Å². The van der Waals surface area contributed by atoms with Gasteiger partial charge < -0.3 is 10.2 Å². The Morgan fingerprint density at radius 1 is 1.47 bits per heavy atom. The van der Waals surface area contributed by atoms with Gasteiger partial charge in [-0.2, -0.15) is 5.26 Å². The highest BCUT2D eigenvalue weighted by molar-refractivity contribution is 5.50. The van der Waals surface area contributed by atoms with E-state index in [0.717, 1.165) is 18.3 Å². The standard InChI is InChI=1S/C14H21N5/c1-14(2,9-15)18-12-7-13(17-10-16-12)19(3)8-11-5-4-6-11/h7,10-11H,4-6,8H2,1-3H3,(H,16,17,18). The van der Waals surface area contributed by atoms with Crippen molar-refractivity contribution in [3.8, 4) is 6.07 Å². The molecule has 1 aromatic heterocycles. The van der Waals surface area contributed by atoms with Crippen LogP contribution in [0.15, 0.2) is 12.4 Å². The lowest BCUT2D eigenvalue weighted by molar-refractivity contribution is 0.321. The molecule has 102 valence electrons. The highest BCUT2D eigenvalue weighted by Gasteiger charge is 2.21. The predicted octanol–water partition coefficient (Wildman–Crippen LogP) is 2.43. The molecule has 1 aliphatic rings. The molecule has 1 saturated carbocycles. The van der Waals surface area contributed by atoms with Crippen molar-refractivity contribution in [3.05, 3.63) is 12.4 Å². The van der Waals surface area contributed by atoms with Crippen molar-refractivity contribution >= 4 is 11.6 Å². The monoisotopic (exact) mass is 259 g/mol. The van der Waals surface area contributed by atoms with E-state index in [4.69, 9.17) is 5.26 Å². The highest BCUT2D eigenvalue weighted by atomic mass is 15.2. The van der Waals surface area contributed by atoms with Crippen LogP contribution in [0.4, 0.5) is 11.6 Å².